The first-order valence-corrected chi connectivity index (χ1v) is 12.4. The van der Waals surface area contributed by atoms with Gasteiger partial charge in [-0.1, -0.05) is 60.7 Å². The van der Waals surface area contributed by atoms with E-state index in [2.05, 4.69) is 5.32 Å². The molecule has 1 fully saturated rings. The van der Waals surface area contributed by atoms with Gasteiger partial charge in [0.25, 0.3) is 0 Å². The average Bonchev–Trinajstić information content (AvgIpc) is 3.16. The standard InChI is InChI=1S/C28H22Cl2N2O4/c1-36-21-13-7-6-12-20(21)31-22(33)14-15-32-25(34)23-24(26(32)35)28(30)17-9-3-2-8-16(17)27(23,29)18-10-4-5-11-19(18)28/h2-13,23-24H,14-15H2,1H3,(H,31,33)/t23-,24-,27?,28?/m1/s1. The number of benzene rings is 3. The van der Waals surface area contributed by atoms with Gasteiger partial charge in [-0.05, 0) is 34.4 Å². The van der Waals surface area contributed by atoms with Crippen molar-refractivity contribution in [2.75, 3.05) is 19.0 Å². The van der Waals surface area contributed by atoms with Crippen molar-refractivity contribution in [3.63, 3.8) is 0 Å². The number of anilines is 1. The van der Waals surface area contributed by atoms with Gasteiger partial charge in [-0.3, -0.25) is 19.3 Å². The largest absolute Gasteiger partial charge is 0.495 e. The lowest BCUT2D eigenvalue weighted by Crippen LogP contribution is -2.57. The molecule has 0 unspecified atom stereocenters. The van der Waals surface area contributed by atoms with Gasteiger partial charge in [0, 0.05) is 13.0 Å². The van der Waals surface area contributed by atoms with Crippen molar-refractivity contribution in [1.29, 1.82) is 0 Å². The van der Waals surface area contributed by atoms with Gasteiger partial charge in [0.2, 0.25) is 17.7 Å². The molecule has 0 aromatic heterocycles. The van der Waals surface area contributed by atoms with Crippen LogP contribution in [0.25, 0.3) is 0 Å². The number of carbonyl (C=O) groups excluding carboxylic acids is 3. The number of para-hydroxylation sites is 2. The predicted molar refractivity (Wildman–Crippen MR) is 136 cm³/mol. The number of halogens is 2. The monoisotopic (exact) mass is 520 g/mol. The molecule has 0 radical (unpaired) electrons. The van der Waals surface area contributed by atoms with Crippen LogP contribution in [0.4, 0.5) is 5.69 Å². The molecule has 1 saturated heterocycles. The van der Waals surface area contributed by atoms with Crippen LogP contribution >= 0.6 is 23.2 Å². The second kappa shape index (κ2) is 8.08. The van der Waals surface area contributed by atoms with Gasteiger partial charge >= 0.3 is 0 Å². The van der Waals surface area contributed by atoms with E-state index in [1.165, 1.54) is 7.11 Å². The summed E-state index contributed by atoms with van der Waals surface area (Å²) in [4.78, 5) is 39.0. The highest BCUT2D eigenvalue weighted by atomic mass is 35.5. The highest BCUT2D eigenvalue weighted by molar-refractivity contribution is 6.36. The molecule has 3 aromatic rings. The molecule has 2 atom stereocenters. The fourth-order valence-electron chi connectivity index (χ4n) is 6.12. The van der Waals surface area contributed by atoms with Gasteiger partial charge in [0.15, 0.2) is 0 Å². The molecule has 1 heterocycles. The number of rotatable bonds is 5. The quantitative estimate of drug-likeness (QED) is 0.393. The zero-order valence-corrected chi connectivity index (χ0v) is 20.8. The number of alkyl halides is 2. The minimum atomic E-state index is -1.23. The number of methoxy groups -OCH3 is 1. The van der Waals surface area contributed by atoms with E-state index in [1.807, 2.05) is 48.5 Å². The maximum Gasteiger partial charge on any atom is 0.235 e. The maximum absolute atomic E-state index is 13.8. The topological polar surface area (TPSA) is 75.7 Å². The van der Waals surface area contributed by atoms with Crippen molar-refractivity contribution >= 4 is 46.6 Å². The van der Waals surface area contributed by atoms with E-state index in [9.17, 15) is 14.4 Å². The van der Waals surface area contributed by atoms with Crippen LogP contribution in [0.15, 0.2) is 72.8 Å². The second-order valence-corrected chi connectivity index (χ2v) is 10.5. The smallest absolute Gasteiger partial charge is 0.235 e. The molecule has 8 heteroatoms. The molecular formula is C28H22Cl2N2O4. The van der Waals surface area contributed by atoms with Crippen LogP contribution in [-0.2, 0) is 24.1 Å². The van der Waals surface area contributed by atoms with E-state index in [0.29, 0.717) is 11.4 Å². The molecule has 0 spiro atoms. The van der Waals surface area contributed by atoms with Crippen molar-refractivity contribution in [3.05, 3.63) is 95.1 Å². The Morgan fingerprint density at radius 2 is 1.28 bits per heavy atom. The van der Waals surface area contributed by atoms with Gasteiger partial charge in [-0.15, -0.1) is 23.2 Å². The number of nitrogens with one attached hydrogen (secondary N) is 1. The first-order chi connectivity index (χ1) is 17.3. The first kappa shape index (κ1) is 23.1. The molecule has 1 aliphatic heterocycles. The molecule has 7 rings (SSSR count). The molecule has 3 aliphatic carbocycles. The first-order valence-electron chi connectivity index (χ1n) is 11.7. The zero-order chi connectivity index (χ0) is 25.2. The van der Waals surface area contributed by atoms with Crippen LogP contribution in [0, 0.1) is 11.8 Å². The Bertz CT molecular complexity index is 1320. The Balaban J connectivity index is 1.34. The second-order valence-electron chi connectivity index (χ2n) is 9.30. The highest BCUT2D eigenvalue weighted by Crippen LogP contribution is 2.69. The Labute approximate surface area is 218 Å². The molecule has 6 nitrogen and oxygen atoms in total. The Hall–Kier alpha value is -3.35. The summed E-state index contributed by atoms with van der Waals surface area (Å²) >= 11 is 14.8. The minimum absolute atomic E-state index is 0.0700. The predicted octanol–water partition coefficient (Wildman–Crippen LogP) is 4.62. The lowest BCUT2D eigenvalue weighted by atomic mass is 9.54. The molecule has 4 aliphatic rings. The third-order valence-corrected chi connectivity index (χ3v) is 8.90. The van der Waals surface area contributed by atoms with Crippen LogP contribution in [0.2, 0.25) is 0 Å². The van der Waals surface area contributed by atoms with Gasteiger partial charge in [0.1, 0.15) is 15.5 Å². The minimum Gasteiger partial charge on any atom is -0.495 e. The lowest BCUT2D eigenvalue weighted by Gasteiger charge is -2.54. The van der Waals surface area contributed by atoms with Crippen LogP contribution in [0.1, 0.15) is 28.7 Å². The number of ether oxygens (including phenoxy) is 1. The summed E-state index contributed by atoms with van der Waals surface area (Å²) in [5.41, 5.74) is 3.51. The van der Waals surface area contributed by atoms with Crippen LogP contribution in [-0.4, -0.2) is 36.3 Å². The van der Waals surface area contributed by atoms with Crippen molar-refractivity contribution in [3.8, 4) is 5.75 Å². The summed E-state index contributed by atoms with van der Waals surface area (Å²) in [5.74, 6) is -2.37. The van der Waals surface area contributed by atoms with Gasteiger partial charge in [-0.2, -0.15) is 0 Å². The van der Waals surface area contributed by atoms with Gasteiger partial charge in [0.05, 0.1) is 24.6 Å². The van der Waals surface area contributed by atoms with E-state index in [4.69, 9.17) is 27.9 Å². The van der Waals surface area contributed by atoms with E-state index in [0.717, 1.165) is 27.2 Å². The van der Waals surface area contributed by atoms with Gasteiger partial charge < -0.3 is 10.1 Å². The number of carbonyl (C=O) groups is 3. The highest BCUT2D eigenvalue weighted by Gasteiger charge is 2.72. The summed E-state index contributed by atoms with van der Waals surface area (Å²) in [7, 11) is 1.52. The zero-order valence-electron chi connectivity index (χ0n) is 19.3. The maximum atomic E-state index is 13.8. The summed E-state index contributed by atoms with van der Waals surface area (Å²) in [6.45, 7) is -0.0712. The Morgan fingerprint density at radius 1 is 0.833 bits per heavy atom. The van der Waals surface area contributed by atoms with E-state index in [1.54, 1.807) is 24.3 Å². The lowest BCUT2D eigenvalue weighted by molar-refractivity contribution is -0.140. The molecule has 2 bridgehead atoms. The van der Waals surface area contributed by atoms with E-state index >= 15 is 0 Å². The fraction of sp³-hybridized carbons (Fsp3) is 0.250. The molecule has 36 heavy (non-hydrogen) atoms. The van der Waals surface area contributed by atoms with E-state index < -0.39 is 33.4 Å². The fourth-order valence-corrected chi connectivity index (χ4v) is 7.22. The molecule has 3 amide bonds. The summed E-state index contributed by atoms with van der Waals surface area (Å²) < 4.78 is 5.27. The summed E-state index contributed by atoms with van der Waals surface area (Å²) in [6.07, 6.45) is -0.0700. The van der Waals surface area contributed by atoms with Crippen LogP contribution < -0.4 is 10.1 Å². The summed E-state index contributed by atoms with van der Waals surface area (Å²) in [5, 5.41) is 2.79. The van der Waals surface area contributed by atoms with Crippen LogP contribution in [0.3, 0.4) is 0 Å². The third-order valence-electron chi connectivity index (χ3n) is 7.62. The van der Waals surface area contributed by atoms with Gasteiger partial charge in [-0.25, -0.2) is 0 Å². The number of nitrogens with zero attached hydrogens (tertiary/aromatic N) is 1. The molecule has 3 aromatic carbocycles. The number of likely N-dealkylation sites (tertiary alicyclic amines) is 1. The van der Waals surface area contributed by atoms with Crippen molar-refractivity contribution < 1.29 is 19.1 Å². The molecule has 1 N–H and O–H groups in total. The molecule has 182 valence electrons. The molecule has 0 saturated carbocycles. The van der Waals surface area contributed by atoms with Crippen molar-refractivity contribution in [1.82, 2.24) is 4.90 Å². The molecular weight excluding hydrogens is 499 g/mol. The van der Waals surface area contributed by atoms with Crippen molar-refractivity contribution in [2.45, 2.75) is 16.2 Å². The summed E-state index contributed by atoms with van der Waals surface area (Å²) in [6, 6.07) is 22.0. The SMILES string of the molecule is COc1ccccc1NC(=O)CCN1C(=O)[C@H]2[C@H](C1=O)C1(Cl)c3ccccc3C2(Cl)c2ccccc21. The van der Waals surface area contributed by atoms with Crippen LogP contribution in [0.5, 0.6) is 5.75 Å². The average molecular weight is 521 g/mol. The number of imide groups is 1. The number of hydrogen-bond donors (Lipinski definition) is 1. The Morgan fingerprint density at radius 3 is 1.75 bits per heavy atom. The number of hydrogen-bond acceptors (Lipinski definition) is 4. The normalized spacial score (nSPS) is 27.4. The third kappa shape index (κ3) is 2.88. The van der Waals surface area contributed by atoms with Crippen molar-refractivity contribution in [2.24, 2.45) is 11.8 Å². The van der Waals surface area contributed by atoms with E-state index in [-0.39, 0.29) is 18.9 Å². The number of amides is 3. The Kier molecular flexibility index (Phi) is 5.18.